The predicted octanol–water partition coefficient (Wildman–Crippen LogP) is 2.62. The molecule has 0 amide bonds. The first-order valence-electron chi connectivity index (χ1n) is 6.35. The summed E-state index contributed by atoms with van der Waals surface area (Å²) in [6, 6.07) is 4.35. The molecule has 0 bridgehead atoms. The zero-order valence-electron chi connectivity index (χ0n) is 11.5. The van der Waals surface area contributed by atoms with Gasteiger partial charge in [0.25, 0.3) is 0 Å². The molecule has 0 atom stereocenters. The molecule has 1 aromatic carbocycles. The van der Waals surface area contributed by atoms with Gasteiger partial charge in [-0.25, -0.2) is 0 Å². The molecule has 0 radical (unpaired) electrons. The Kier molecular flexibility index (Phi) is 4.91. The standard InChI is InChI=1S/C14H20ClNO3/c1-17-11-6-10(7-11)16-8-9-4-5-12(18-2)14(19-3)13(9)15/h4-5,10-11,16H,6-8H2,1-3H3. The molecule has 2 rings (SSSR count). The highest BCUT2D eigenvalue weighted by molar-refractivity contribution is 6.33. The van der Waals surface area contributed by atoms with E-state index in [-0.39, 0.29) is 0 Å². The molecular formula is C14H20ClNO3. The first kappa shape index (κ1) is 14.4. The number of nitrogens with one attached hydrogen (secondary N) is 1. The molecule has 1 saturated carbocycles. The van der Waals surface area contributed by atoms with Crippen LogP contribution in [0.15, 0.2) is 12.1 Å². The summed E-state index contributed by atoms with van der Waals surface area (Å²) in [5, 5.41) is 4.08. The van der Waals surface area contributed by atoms with Gasteiger partial charge in [0.15, 0.2) is 11.5 Å². The zero-order valence-corrected chi connectivity index (χ0v) is 12.3. The van der Waals surface area contributed by atoms with E-state index in [2.05, 4.69) is 5.32 Å². The van der Waals surface area contributed by atoms with Gasteiger partial charge >= 0.3 is 0 Å². The lowest BCUT2D eigenvalue weighted by Gasteiger charge is -2.34. The smallest absolute Gasteiger partial charge is 0.179 e. The molecule has 0 unspecified atom stereocenters. The number of halogens is 1. The lowest BCUT2D eigenvalue weighted by Crippen LogP contribution is -2.44. The van der Waals surface area contributed by atoms with Crippen LogP contribution in [0.3, 0.4) is 0 Å². The van der Waals surface area contributed by atoms with Crippen LogP contribution in [0.4, 0.5) is 0 Å². The van der Waals surface area contributed by atoms with Gasteiger partial charge in [0.2, 0.25) is 0 Å². The molecule has 0 spiro atoms. The van der Waals surface area contributed by atoms with Crippen molar-refractivity contribution in [3.63, 3.8) is 0 Å². The minimum absolute atomic E-state index is 0.401. The van der Waals surface area contributed by atoms with Crippen molar-refractivity contribution in [1.29, 1.82) is 0 Å². The third-order valence-corrected chi connectivity index (χ3v) is 3.99. The Hall–Kier alpha value is -0.970. The third kappa shape index (κ3) is 3.14. The fourth-order valence-corrected chi connectivity index (χ4v) is 2.55. The van der Waals surface area contributed by atoms with E-state index in [0.29, 0.717) is 28.7 Å². The van der Waals surface area contributed by atoms with Crippen molar-refractivity contribution in [2.75, 3.05) is 21.3 Å². The Bertz CT molecular complexity index is 433. The normalized spacial score (nSPS) is 21.9. The van der Waals surface area contributed by atoms with E-state index in [1.807, 2.05) is 12.1 Å². The SMILES string of the molecule is COc1ccc(CNC2CC(OC)C2)c(Cl)c1OC. The van der Waals surface area contributed by atoms with Crippen LogP contribution < -0.4 is 14.8 Å². The van der Waals surface area contributed by atoms with Crippen molar-refractivity contribution in [1.82, 2.24) is 5.32 Å². The van der Waals surface area contributed by atoms with Crippen molar-refractivity contribution in [3.05, 3.63) is 22.7 Å². The van der Waals surface area contributed by atoms with Crippen molar-refractivity contribution in [2.24, 2.45) is 0 Å². The first-order chi connectivity index (χ1) is 9.19. The van der Waals surface area contributed by atoms with Crippen LogP contribution in [-0.2, 0) is 11.3 Å². The molecule has 0 heterocycles. The first-order valence-corrected chi connectivity index (χ1v) is 6.73. The van der Waals surface area contributed by atoms with Crippen LogP contribution in [0.1, 0.15) is 18.4 Å². The van der Waals surface area contributed by atoms with E-state index in [1.54, 1.807) is 21.3 Å². The minimum atomic E-state index is 0.401. The van der Waals surface area contributed by atoms with Gasteiger partial charge in [0, 0.05) is 19.7 Å². The molecule has 0 aliphatic heterocycles. The van der Waals surface area contributed by atoms with E-state index in [4.69, 9.17) is 25.8 Å². The Labute approximate surface area is 119 Å². The van der Waals surface area contributed by atoms with E-state index in [9.17, 15) is 0 Å². The van der Waals surface area contributed by atoms with Crippen molar-refractivity contribution >= 4 is 11.6 Å². The second-order valence-corrected chi connectivity index (χ2v) is 5.06. The number of hydrogen-bond donors (Lipinski definition) is 1. The van der Waals surface area contributed by atoms with Gasteiger partial charge in [-0.3, -0.25) is 0 Å². The molecule has 1 aromatic rings. The molecule has 1 fully saturated rings. The summed E-state index contributed by atoms with van der Waals surface area (Å²) in [7, 11) is 4.95. The molecule has 1 N–H and O–H groups in total. The summed E-state index contributed by atoms with van der Waals surface area (Å²) in [5.74, 6) is 1.24. The molecule has 1 aliphatic rings. The van der Waals surface area contributed by atoms with Crippen molar-refractivity contribution in [2.45, 2.75) is 31.5 Å². The zero-order chi connectivity index (χ0) is 13.8. The quantitative estimate of drug-likeness (QED) is 0.872. The summed E-state index contributed by atoms with van der Waals surface area (Å²) < 4.78 is 15.8. The highest BCUT2D eigenvalue weighted by Crippen LogP contribution is 2.37. The molecule has 5 heteroatoms. The molecule has 0 saturated heterocycles. The molecule has 4 nitrogen and oxygen atoms in total. The average molecular weight is 286 g/mol. The Morgan fingerprint density at radius 1 is 1.21 bits per heavy atom. The topological polar surface area (TPSA) is 39.7 Å². The molecule has 1 aliphatic carbocycles. The maximum atomic E-state index is 6.32. The molecule has 19 heavy (non-hydrogen) atoms. The van der Waals surface area contributed by atoms with Crippen LogP contribution in [-0.4, -0.2) is 33.5 Å². The highest BCUT2D eigenvalue weighted by Gasteiger charge is 2.28. The van der Waals surface area contributed by atoms with Crippen LogP contribution in [0.5, 0.6) is 11.5 Å². The number of rotatable bonds is 6. The van der Waals surface area contributed by atoms with Crippen LogP contribution >= 0.6 is 11.6 Å². The maximum Gasteiger partial charge on any atom is 0.179 e. The lowest BCUT2D eigenvalue weighted by atomic mass is 9.89. The lowest BCUT2D eigenvalue weighted by molar-refractivity contribution is 0.0170. The van der Waals surface area contributed by atoms with Gasteiger partial charge in [-0.1, -0.05) is 17.7 Å². The largest absolute Gasteiger partial charge is 0.493 e. The van der Waals surface area contributed by atoms with Crippen molar-refractivity contribution in [3.8, 4) is 11.5 Å². The Morgan fingerprint density at radius 2 is 1.95 bits per heavy atom. The summed E-state index contributed by atoms with van der Waals surface area (Å²) in [6.07, 6.45) is 2.52. The van der Waals surface area contributed by atoms with Gasteiger partial charge in [-0.2, -0.15) is 0 Å². The second kappa shape index (κ2) is 6.46. The summed E-state index contributed by atoms with van der Waals surface area (Å²) in [6.45, 7) is 0.723. The Morgan fingerprint density at radius 3 is 2.53 bits per heavy atom. The Balaban J connectivity index is 1.97. The number of methoxy groups -OCH3 is 3. The van der Waals surface area contributed by atoms with Gasteiger partial charge in [0.05, 0.1) is 25.3 Å². The monoisotopic (exact) mass is 285 g/mol. The fourth-order valence-electron chi connectivity index (χ4n) is 2.25. The van der Waals surface area contributed by atoms with Crippen LogP contribution in [0, 0.1) is 0 Å². The minimum Gasteiger partial charge on any atom is -0.493 e. The highest BCUT2D eigenvalue weighted by atomic mass is 35.5. The molecule has 106 valence electrons. The average Bonchev–Trinajstić information content (AvgIpc) is 2.38. The van der Waals surface area contributed by atoms with Gasteiger partial charge in [-0.15, -0.1) is 0 Å². The molecule has 0 aromatic heterocycles. The van der Waals surface area contributed by atoms with Gasteiger partial charge < -0.3 is 19.5 Å². The number of benzene rings is 1. The number of ether oxygens (including phenoxy) is 3. The van der Waals surface area contributed by atoms with Crippen molar-refractivity contribution < 1.29 is 14.2 Å². The van der Waals surface area contributed by atoms with Crippen LogP contribution in [0.25, 0.3) is 0 Å². The number of hydrogen-bond acceptors (Lipinski definition) is 4. The predicted molar refractivity (Wildman–Crippen MR) is 75.2 cm³/mol. The van der Waals surface area contributed by atoms with E-state index < -0.39 is 0 Å². The summed E-state index contributed by atoms with van der Waals surface area (Å²) in [4.78, 5) is 0. The van der Waals surface area contributed by atoms with Gasteiger partial charge in [-0.05, 0) is 24.5 Å². The summed E-state index contributed by atoms with van der Waals surface area (Å²) >= 11 is 6.32. The van der Waals surface area contributed by atoms with E-state index >= 15 is 0 Å². The fraction of sp³-hybridized carbons (Fsp3) is 0.571. The van der Waals surface area contributed by atoms with E-state index in [0.717, 1.165) is 24.9 Å². The maximum absolute atomic E-state index is 6.32. The van der Waals surface area contributed by atoms with Crippen LogP contribution in [0.2, 0.25) is 5.02 Å². The van der Waals surface area contributed by atoms with E-state index in [1.165, 1.54) is 0 Å². The second-order valence-electron chi connectivity index (χ2n) is 4.68. The van der Waals surface area contributed by atoms with Gasteiger partial charge in [0.1, 0.15) is 0 Å². The third-order valence-electron chi connectivity index (χ3n) is 3.57. The molecular weight excluding hydrogens is 266 g/mol. The summed E-state index contributed by atoms with van der Waals surface area (Å²) in [5.41, 5.74) is 1.01.